The third-order valence-electron chi connectivity index (χ3n) is 4.42. The minimum absolute atomic E-state index is 0.00770. The molecule has 0 spiro atoms. The van der Waals surface area contributed by atoms with Gasteiger partial charge in [-0.05, 0) is 41.8 Å². The second-order valence-corrected chi connectivity index (χ2v) is 9.06. The molecule has 1 fully saturated rings. The van der Waals surface area contributed by atoms with Gasteiger partial charge < -0.3 is 5.11 Å². The lowest BCUT2D eigenvalue weighted by atomic mass is 10.0. The minimum atomic E-state index is -3.15. The van der Waals surface area contributed by atoms with Gasteiger partial charge in [0.05, 0.1) is 6.26 Å². The van der Waals surface area contributed by atoms with Gasteiger partial charge in [-0.3, -0.25) is 4.90 Å². The van der Waals surface area contributed by atoms with E-state index in [4.69, 9.17) is 0 Å². The first-order valence-electron chi connectivity index (χ1n) is 7.91. The van der Waals surface area contributed by atoms with Crippen LogP contribution in [0.1, 0.15) is 18.4 Å². The fraction of sp³-hybridized carbons (Fsp3) is 0.412. The number of nitrogens with one attached hydrogen (secondary N) is 1. The maximum Gasteiger partial charge on any atom is 0.208 e. The summed E-state index contributed by atoms with van der Waals surface area (Å²) < 4.78 is 26.4. The van der Waals surface area contributed by atoms with E-state index in [1.165, 1.54) is 6.26 Å². The number of benzene rings is 2. The molecule has 0 amide bonds. The normalized spacial score (nSPS) is 17.4. The quantitative estimate of drug-likeness (QED) is 0.809. The first-order chi connectivity index (χ1) is 11.3. The average Bonchev–Trinajstić information content (AvgIpc) is 2.50. The number of nitrogens with zero attached hydrogens (tertiary/aromatic N) is 1. The Morgan fingerprint density at radius 3 is 2.62 bits per heavy atom. The van der Waals surface area contributed by atoms with Crippen molar-refractivity contribution < 1.29 is 13.5 Å². The van der Waals surface area contributed by atoms with Crippen molar-refractivity contribution in [1.82, 2.24) is 9.62 Å². The summed E-state index contributed by atoms with van der Waals surface area (Å²) in [6, 6.07) is 9.71. The number of hydrogen-bond donors (Lipinski definition) is 2. The van der Waals surface area contributed by atoms with Crippen LogP contribution in [0, 0.1) is 0 Å². The Hall–Kier alpha value is -1.15. The molecule has 1 heterocycles. The van der Waals surface area contributed by atoms with Crippen LogP contribution in [0.5, 0.6) is 5.75 Å². The molecule has 1 aliphatic rings. The van der Waals surface area contributed by atoms with Crippen LogP contribution < -0.4 is 4.72 Å². The van der Waals surface area contributed by atoms with E-state index in [9.17, 15) is 13.5 Å². The lowest BCUT2D eigenvalue weighted by Crippen LogP contribution is -2.43. The summed E-state index contributed by atoms with van der Waals surface area (Å²) in [5, 5.41) is 12.4. The number of hydrogen-bond acceptors (Lipinski definition) is 4. The van der Waals surface area contributed by atoms with E-state index >= 15 is 0 Å². The molecule has 0 radical (unpaired) electrons. The second kappa shape index (κ2) is 7.00. The molecule has 0 atom stereocenters. The van der Waals surface area contributed by atoms with Crippen LogP contribution >= 0.6 is 15.9 Å². The summed E-state index contributed by atoms with van der Waals surface area (Å²) in [6.07, 6.45) is 2.76. The van der Waals surface area contributed by atoms with Gasteiger partial charge in [0.2, 0.25) is 10.0 Å². The van der Waals surface area contributed by atoms with E-state index in [1.54, 1.807) is 6.07 Å². The van der Waals surface area contributed by atoms with E-state index in [0.717, 1.165) is 46.7 Å². The maximum atomic E-state index is 11.3. The standard InChI is InChI=1S/C17H21BrN2O3S/c1-24(22,23)19-14-6-8-20(9-7-14)11-16-15-4-3-13(18)10-12(15)2-5-17(16)21/h2-5,10,14,19,21H,6-9,11H2,1H3. The summed E-state index contributed by atoms with van der Waals surface area (Å²) >= 11 is 3.48. The lowest BCUT2D eigenvalue weighted by molar-refractivity contribution is 0.199. The first-order valence-corrected chi connectivity index (χ1v) is 10.6. The zero-order chi connectivity index (χ0) is 17.3. The number of rotatable bonds is 4. The predicted molar refractivity (Wildman–Crippen MR) is 99.6 cm³/mol. The Bertz CT molecular complexity index is 846. The fourth-order valence-corrected chi connectivity index (χ4v) is 4.48. The molecule has 5 nitrogen and oxygen atoms in total. The summed E-state index contributed by atoms with van der Waals surface area (Å²) in [7, 11) is -3.15. The Kier molecular flexibility index (Phi) is 5.15. The number of phenolic OH excluding ortho intramolecular Hbond substituents is 1. The van der Waals surface area contributed by atoms with Crippen molar-refractivity contribution in [1.29, 1.82) is 0 Å². The summed E-state index contributed by atoms with van der Waals surface area (Å²) in [5.74, 6) is 0.307. The molecule has 0 aliphatic carbocycles. The molecular weight excluding hydrogens is 392 g/mol. The molecule has 7 heteroatoms. The van der Waals surface area contributed by atoms with Crippen molar-refractivity contribution in [3.8, 4) is 5.75 Å². The highest BCUT2D eigenvalue weighted by Gasteiger charge is 2.22. The topological polar surface area (TPSA) is 69.6 Å². The van der Waals surface area contributed by atoms with Crippen LogP contribution in [0.3, 0.4) is 0 Å². The molecule has 0 unspecified atom stereocenters. The maximum absolute atomic E-state index is 11.3. The van der Waals surface area contributed by atoms with E-state index < -0.39 is 10.0 Å². The molecule has 1 saturated heterocycles. The SMILES string of the molecule is CS(=O)(=O)NC1CCN(Cc2c(O)ccc3cc(Br)ccc23)CC1. The monoisotopic (exact) mass is 412 g/mol. The zero-order valence-corrected chi connectivity index (χ0v) is 15.9. The number of aromatic hydroxyl groups is 1. The third kappa shape index (κ3) is 4.27. The van der Waals surface area contributed by atoms with Crippen molar-refractivity contribution in [2.24, 2.45) is 0 Å². The highest BCUT2D eigenvalue weighted by atomic mass is 79.9. The molecule has 0 saturated carbocycles. The third-order valence-corrected chi connectivity index (χ3v) is 5.67. The number of piperidine rings is 1. The molecule has 3 rings (SSSR count). The summed E-state index contributed by atoms with van der Waals surface area (Å²) in [4.78, 5) is 2.26. The van der Waals surface area contributed by atoms with E-state index in [0.29, 0.717) is 12.3 Å². The van der Waals surface area contributed by atoms with Crippen LogP contribution in [0.2, 0.25) is 0 Å². The van der Waals surface area contributed by atoms with E-state index in [1.807, 2.05) is 24.3 Å². The molecule has 2 aromatic carbocycles. The van der Waals surface area contributed by atoms with Crippen molar-refractivity contribution in [2.75, 3.05) is 19.3 Å². The van der Waals surface area contributed by atoms with Gasteiger partial charge >= 0.3 is 0 Å². The number of likely N-dealkylation sites (tertiary alicyclic amines) is 1. The summed E-state index contributed by atoms with van der Waals surface area (Å²) in [6.45, 7) is 2.27. The molecule has 2 N–H and O–H groups in total. The number of fused-ring (bicyclic) bond motifs is 1. The number of phenols is 1. The van der Waals surface area contributed by atoms with Crippen molar-refractivity contribution in [3.05, 3.63) is 40.4 Å². The van der Waals surface area contributed by atoms with Gasteiger partial charge in [-0.25, -0.2) is 13.1 Å². The molecule has 24 heavy (non-hydrogen) atoms. The zero-order valence-electron chi connectivity index (χ0n) is 13.5. The van der Waals surface area contributed by atoms with Crippen LogP contribution in [-0.4, -0.2) is 43.8 Å². The van der Waals surface area contributed by atoms with Crippen LogP contribution in [0.4, 0.5) is 0 Å². The predicted octanol–water partition coefficient (Wildman–Crippen LogP) is 2.82. The molecule has 130 valence electrons. The average molecular weight is 413 g/mol. The molecule has 1 aliphatic heterocycles. The van der Waals surface area contributed by atoms with Crippen molar-refractivity contribution in [3.63, 3.8) is 0 Å². The Labute approximate surface area is 150 Å². The van der Waals surface area contributed by atoms with Crippen LogP contribution in [0.25, 0.3) is 10.8 Å². The molecular formula is C17H21BrN2O3S. The van der Waals surface area contributed by atoms with Crippen molar-refractivity contribution >= 4 is 36.7 Å². The smallest absolute Gasteiger partial charge is 0.208 e. The van der Waals surface area contributed by atoms with Gasteiger partial charge in [-0.15, -0.1) is 0 Å². The number of halogens is 1. The molecule has 0 aromatic heterocycles. The van der Waals surface area contributed by atoms with Gasteiger partial charge in [0, 0.05) is 35.7 Å². The van der Waals surface area contributed by atoms with Gasteiger partial charge in [0.25, 0.3) is 0 Å². The highest BCUT2D eigenvalue weighted by molar-refractivity contribution is 9.10. The second-order valence-electron chi connectivity index (χ2n) is 6.37. The molecule has 2 aromatic rings. The Morgan fingerprint density at radius 2 is 1.96 bits per heavy atom. The van der Waals surface area contributed by atoms with Crippen LogP contribution in [-0.2, 0) is 16.6 Å². The highest BCUT2D eigenvalue weighted by Crippen LogP contribution is 2.31. The Morgan fingerprint density at radius 1 is 1.25 bits per heavy atom. The number of sulfonamides is 1. The van der Waals surface area contributed by atoms with Gasteiger partial charge in [0.15, 0.2) is 0 Å². The van der Waals surface area contributed by atoms with E-state index in [2.05, 4.69) is 25.6 Å². The Balaban J connectivity index is 1.73. The fourth-order valence-electron chi connectivity index (χ4n) is 3.26. The minimum Gasteiger partial charge on any atom is -0.508 e. The lowest BCUT2D eigenvalue weighted by Gasteiger charge is -2.32. The largest absolute Gasteiger partial charge is 0.508 e. The first kappa shape index (κ1) is 17.7. The summed E-state index contributed by atoms with van der Waals surface area (Å²) in [5.41, 5.74) is 0.925. The van der Waals surface area contributed by atoms with Gasteiger partial charge in [0.1, 0.15) is 5.75 Å². The van der Waals surface area contributed by atoms with Gasteiger partial charge in [-0.1, -0.05) is 28.1 Å². The van der Waals surface area contributed by atoms with E-state index in [-0.39, 0.29) is 6.04 Å². The van der Waals surface area contributed by atoms with Crippen molar-refractivity contribution in [2.45, 2.75) is 25.4 Å². The van der Waals surface area contributed by atoms with Crippen LogP contribution in [0.15, 0.2) is 34.8 Å². The molecule has 0 bridgehead atoms. The van der Waals surface area contributed by atoms with Gasteiger partial charge in [-0.2, -0.15) is 0 Å².